The highest BCUT2D eigenvalue weighted by Crippen LogP contribution is 2.48. The van der Waals surface area contributed by atoms with E-state index in [9.17, 15) is 10.1 Å². The second kappa shape index (κ2) is 16.7. The number of hydrogen-bond acceptors (Lipinski definition) is 13. The molecule has 49 heavy (non-hydrogen) atoms. The molecule has 0 radical (unpaired) electrons. The molecule has 3 atom stereocenters. The maximum Gasteiger partial charge on any atom is 0.314 e. The molecule has 5 rings (SSSR count). The molecule has 14 heteroatoms. The summed E-state index contributed by atoms with van der Waals surface area (Å²) in [5.41, 5.74) is 7.72. The molecule has 4 aromatic heterocycles. The molecule has 0 aliphatic heterocycles. The fraction of sp³-hybridized carbons (Fsp3) is 0.571. The molecule has 0 bridgehead atoms. The summed E-state index contributed by atoms with van der Waals surface area (Å²) in [7, 11) is 0. The number of nitrogens with two attached hydrogens (primary N) is 1. The van der Waals surface area contributed by atoms with Crippen LogP contribution in [0, 0.1) is 17.2 Å². The van der Waals surface area contributed by atoms with Crippen molar-refractivity contribution in [1.82, 2.24) is 25.3 Å². The number of fused-ring (bicyclic) bond motifs is 1. The van der Waals surface area contributed by atoms with Crippen LogP contribution in [0.2, 0.25) is 0 Å². The van der Waals surface area contributed by atoms with Crippen molar-refractivity contribution in [3.8, 4) is 23.5 Å². The van der Waals surface area contributed by atoms with Gasteiger partial charge in [0, 0.05) is 35.3 Å². The SMILES string of the molecule is CCCCN(c1nccc(-c2noc([C@@]3(C)CCCc4sc(N)c(C#N)c43)n2)n1)[C@@H](C)CC.CCCOc1cc(C(C(=O)O)C(C)C)on1. The van der Waals surface area contributed by atoms with Gasteiger partial charge in [0.1, 0.15) is 22.7 Å². The number of carbonyl (C=O) groups is 1. The van der Waals surface area contributed by atoms with Crippen LogP contribution in [-0.4, -0.2) is 55.5 Å². The van der Waals surface area contributed by atoms with Crippen molar-refractivity contribution in [3.63, 3.8) is 0 Å². The highest BCUT2D eigenvalue weighted by atomic mass is 32.1. The Morgan fingerprint density at radius 3 is 2.63 bits per heavy atom. The van der Waals surface area contributed by atoms with Crippen LogP contribution < -0.4 is 15.4 Å². The molecule has 0 amide bonds. The van der Waals surface area contributed by atoms with Crippen LogP contribution in [-0.2, 0) is 16.6 Å². The minimum absolute atomic E-state index is 0.0514. The molecule has 4 aromatic rings. The van der Waals surface area contributed by atoms with E-state index in [0.29, 0.717) is 58.2 Å². The Hall–Kier alpha value is -4.51. The van der Waals surface area contributed by atoms with Crippen molar-refractivity contribution in [2.75, 3.05) is 23.8 Å². The molecule has 1 unspecified atom stereocenters. The molecule has 0 fully saturated rings. The zero-order valence-corrected chi connectivity index (χ0v) is 30.3. The molecule has 0 spiro atoms. The number of hydrogen-bond donors (Lipinski definition) is 2. The number of aromatic nitrogens is 5. The first kappa shape index (κ1) is 37.3. The first-order chi connectivity index (χ1) is 23.5. The van der Waals surface area contributed by atoms with Gasteiger partial charge in [0.05, 0.1) is 17.6 Å². The highest BCUT2D eigenvalue weighted by molar-refractivity contribution is 7.16. The fourth-order valence-corrected chi connectivity index (χ4v) is 7.16. The molecule has 0 saturated carbocycles. The van der Waals surface area contributed by atoms with Crippen molar-refractivity contribution >= 4 is 28.3 Å². The molecular weight excluding hydrogens is 645 g/mol. The molecule has 0 aromatic carbocycles. The minimum Gasteiger partial charge on any atom is -0.481 e. The number of unbranched alkanes of at least 4 members (excludes halogenated alkanes) is 1. The Morgan fingerprint density at radius 1 is 1.20 bits per heavy atom. The molecule has 1 aliphatic carbocycles. The van der Waals surface area contributed by atoms with Gasteiger partial charge in [-0.1, -0.05) is 46.2 Å². The predicted octanol–water partition coefficient (Wildman–Crippen LogP) is 7.38. The van der Waals surface area contributed by atoms with Gasteiger partial charge >= 0.3 is 5.97 Å². The Morgan fingerprint density at radius 2 is 1.98 bits per heavy atom. The van der Waals surface area contributed by atoms with Gasteiger partial charge < -0.3 is 29.5 Å². The number of anilines is 2. The van der Waals surface area contributed by atoms with Gasteiger partial charge in [0.2, 0.25) is 17.7 Å². The van der Waals surface area contributed by atoms with E-state index in [2.05, 4.69) is 54.0 Å². The normalized spacial score (nSPS) is 16.6. The minimum atomic E-state index is -0.909. The van der Waals surface area contributed by atoms with Gasteiger partial charge in [0.25, 0.3) is 5.88 Å². The van der Waals surface area contributed by atoms with Crippen LogP contribution in [0.25, 0.3) is 11.5 Å². The highest BCUT2D eigenvalue weighted by Gasteiger charge is 2.43. The lowest BCUT2D eigenvalue weighted by molar-refractivity contribution is -0.140. The number of thiophene rings is 1. The lowest BCUT2D eigenvalue weighted by Gasteiger charge is -2.30. The van der Waals surface area contributed by atoms with Crippen LogP contribution in [0.15, 0.2) is 27.4 Å². The number of nitriles is 1. The number of nitrogens with zero attached hydrogens (tertiary/aromatic N) is 7. The molecular formula is C35H48N8O5S. The summed E-state index contributed by atoms with van der Waals surface area (Å²) in [6, 6.07) is 5.98. The van der Waals surface area contributed by atoms with Gasteiger partial charge in [0.15, 0.2) is 5.76 Å². The van der Waals surface area contributed by atoms with Crippen LogP contribution >= 0.6 is 11.3 Å². The predicted molar refractivity (Wildman–Crippen MR) is 188 cm³/mol. The van der Waals surface area contributed by atoms with Crippen molar-refractivity contribution in [3.05, 3.63) is 46.0 Å². The molecule has 264 valence electrons. The number of carboxylic acid groups (broad SMARTS) is 1. The number of nitrogen functional groups attached to an aromatic ring is 1. The first-order valence-electron chi connectivity index (χ1n) is 17.1. The van der Waals surface area contributed by atoms with E-state index >= 15 is 0 Å². The first-order valence-corrected chi connectivity index (χ1v) is 17.9. The third kappa shape index (κ3) is 8.39. The van der Waals surface area contributed by atoms with Gasteiger partial charge in [-0.2, -0.15) is 10.2 Å². The van der Waals surface area contributed by atoms with Gasteiger partial charge in [-0.25, -0.2) is 9.97 Å². The van der Waals surface area contributed by atoms with Crippen molar-refractivity contribution in [2.45, 2.75) is 111 Å². The molecule has 1 aliphatic rings. The van der Waals surface area contributed by atoms with E-state index in [1.54, 1.807) is 12.3 Å². The average Bonchev–Trinajstić information content (AvgIpc) is 3.83. The van der Waals surface area contributed by atoms with Crippen LogP contribution in [0.5, 0.6) is 5.88 Å². The Bertz CT molecular complexity index is 1730. The van der Waals surface area contributed by atoms with E-state index in [1.165, 1.54) is 11.3 Å². The van der Waals surface area contributed by atoms with Gasteiger partial charge in [-0.05, 0) is 69.5 Å². The van der Waals surface area contributed by atoms with Gasteiger partial charge in [-0.3, -0.25) is 4.79 Å². The van der Waals surface area contributed by atoms with E-state index in [-0.39, 0.29) is 5.92 Å². The second-order valence-corrected chi connectivity index (χ2v) is 14.0. The van der Waals surface area contributed by atoms with Crippen molar-refractivity contribution < 1.29 is 23.7 Å². The molecule has 13 nitrogen and oxygen atoms in total. The van der Waals surface area contributed by atoms with E-state index in [1.807, 2.05) is 26.8 Å². The van der Waals surface area contributed by atoms with E-state index in [4.69, 9.17) is 34.6 Å². The van der Waals surface area contributed by atoms with E-state index < -0.39 is 17.3 Å². The summed E-state index contributed by atoms with van der Waals surface area (Å²) in [6.07, 6.45) is 8.54. The Kier molecular flexibility index (Phi) is 12.7. The Labute approximate surface area is 291 Å². The summed E-state index contributed by atoms with van der Waals surface area (Å²) < 4.78 is 16.0. The van der Waals surface area contributed by atoms with Crippen LogP contribution in [0.1, 0.15) is 121 Å². The summed E-state index contributed by atoms with van der Waals surface area (Å²) in [5, 5.41) is 27.3. The summed E-state index contributed by atoms with van der Waals surface area (Å²) in [4.78, 5) is 28.5. The largest absolute Gasteiger partial charge is 0.481 e. The zero-order valence-electron chi connectivity index (χ0n) is 29.5. The summed E-state index contributed by atoms with van der Waals surface area (Å²) in [6.45, 7) is 15.7. The van der Waals surface area contributed by atoms with Crippen LogP contribution in [0.3, 0.4) is 0 Å². The Balaban J connectivity index is 0.000000284. The number of aliphatic carboxylic acids is 1. The standard InChI is InChI=1S/C24H31N7OS.C11H17NO4/c1-5-7-13-31(15(3)6-2)23-27-12-10-17(28-23)21-29-22(32-30-21)24(4)11-8-9-18-19(24)16(14-25)20(26)33-18;1-4-5-15-9-6-8(16-12-9)10(7(2)3)11(13)14/h10,12,15H,5-9,11,13,26H2,1-4H3;6-7,10H,4-5H2,1-3H3,(H,13,14)/t15-,24-;/m0./s1. The summed E-state index contributed by atoms with van der Waals surface area (Å²) in [5.74, 6) is 0.674. The monoisotopic (exact) mass is 692 g/mol. The maximum atomic E-state index is 11.0. The number of rotatable bonds is 14. The number of ether oxygens (including phenoxy) is 1. The molecule has 0 saturated heterocycles. The zero-order chi connectivity index (χ0) is 35.7. The van der Waals surface area contributed by atoms with Crippen molar-refractivity contribution in [1.29, 1.82) is 5.26 Å². The third-order valence-electron chi connectivity index (χ3n) is 8.86. The second-order valence-electron chi connectivity index (χ2n) is 12.9. The molecule has 3 N–H and O–H groups in total. The molecule has 4 heterocycles. The smallest absolute Gasteiger partial charge is 0.314 e. The average molecular weight is 693 g/mol. The van der Waals surface area contributed by atoms with Crippen molar-refractivity contribution in [2.24, 2.45) is 5.92 Å². The third-order valence-corrected chi connectivity index (χ3v) is 9.93. The maximum absolute atomic E-state index is 11.0. The lowest BCUT2D eigenvalue weighted by Crippen LogP contribution is -2.35. The van der Waals surface area contributed by atoms with Gasteiger partial charge in [-0.15, -0.1) is 11.3 Å². The quantitative estimate of drug-likeness (QED) is 0.133. The topological polar surface area (TPSA) is 190 Å². The lowest BCUT2D eigenvalue weighted by atomic mass is 9.72. The fourth-order valence-electron chi connectivity index (χ4n) is 5.97. The number of carboxylic acids is 1. The van der Waals surface area contributed by atoms with Crippen LogP contribution in [0.4, 0.5) is 10.9 Å². The van der Waals surface area contributed by atoms with E-state index in [0.717, 1.165) is 61.9 Å². The number of aryl methyl sites for hydroxylation is 1. The summed E-state index contributed by atoms with van der Waals surface area (Å²) >= 11 is 1.50.